The summed E-state index contributed by atoms with van der Waals surface area (Å²) in [5.74, 6) is -0.825. The maximum atomic E-state index is 13.2. The van der Waals surface area contributed by atoms with Crippen molar-refractivity contribution in [3.63, 3.8) is 0 Å². The summed E-state index contributed by atoms with van der Waals surface area (Å²) in [7, 11) is -3.62. The number of rotatable bonds is 7. The lowest BCUT2D eigenvalue weighted by molar-refractivity contribution is -0.116. The number of nitrogens with zero attached hydrogens (tertiary/aromatic N) is 2. The molecule has 2 aromatic carbocycles. The summed E-state index contributed by atoms with van der Waals surface area (Å²) >= 11 is 0. The van der Waals surface area contributed by atoms with E-state index < -0.39 is 27.3 Å². The van der Waals surface area contributed by atoms with Crippen LogP contribution < -0.4 is 15.6 Å². The molecule has 0 bridgehead atoms. The Labute approximate surface area is 172 Å². The van der Waals surface area contributed by atoms with Gasteiger partial charge in [0.1, 0.15) is 12.4 Å². The summed E-state index contributed by atoms with van der Waals surface area (Å²) < 4.78 is 41.3. The molecule has 158 valence electrons. The third kappa shape index (κ3) is 5.08. The van der Waals surface area contributed by atoms with E-state index in [2.05, 4.69) is 15.0 Å². The van der Waals surface area contributed by atoms with Gasteiger partial charge in [0.15, 0.2) is 0 Å². The summed E-state index contributed by atoms with van der Waals surface area (Å²) in [4.78, 5) is 28.8. The van der Waals surface area contributed by atoms with Crippen molar-refractivity contribution < 1.29 is 17.6 Å². The molecular formula is C20H21FN4O4S. The van der Waals surface area contributed by atoms with Gasteiger partial charge >= 0.3 is 0 Å². The molecule has 10 heteroatoms. The summed E-state index contributed by atoms with van der Waals surface area (Å²) in [6, 6.07) is 9.32. The third-order valence-electron chi connectivity index (χ3n) is 4.23. The highest BCUT2D eigenvalue weighted by atomic mass is 32.2. The highest BCUT2D eigenvalue weighted by Crippen LogP contribution is 2.14. The highest BCUT2D eigenvalue weighted by Gasteiger charge is 2.14. The van der Waals surface area contributed by atoms with Crippen LogP contribution in [0, 0.1) is 11.7 Å². The van der Waals surface area contributed by atoms with Gasteiger partial charge in [0.05, 0.1) is 22.1 Å². The first kappa shape index (κ1) is 21.6. The fourth-order valence-corrected chi connectivity index (χ4v) is 3.89. The number of benzene rings is 2. The van der Waals surface area contributed by atoms with E-state index in [0.717, 1.165) is 16.7 Å². The number of carbonyl (C=O) groups is 1. The van der Waals surface area contributed by atoms with Crippen molar-refractivity contribution in [1.82, 2.24) is 14.3 Å². The molecule has 0 unspecified atom stereocenters. The molecule has 3 rings (SSSR count). The molecule has 2 N–H and O–H groups in total. The predicted molar refractivity (Wildman–Crippen MR) is 111 cm³/mol. The van der Waals surface area contributed by atoms with E-state index in [4.69, 9.17) is 0 Å². The fourth-order valence-electron chi connectivity index (χ4n) is 2.68. The van der Waals surface area contributed by atoms with Gasteiger partial charge < -0.3 is 5.32 Å². The number of sulfonamides is 1. The molecule has 0 spiro atoms. The van der Waals surface area contributed by atoms with Crippen LogP contribution in [-0.4, -0.2) is 30.4 Å². The van der Waals surface area contributed by atoms with Gasteiger partial charge in [-0.15, -0.1) is 0 Å². The molecule has 3 aromatic rings. The monoisotopic (exact) mass is 432 g/mol. The minimum Gasteiger partial charge on any atom is -0.325 e. The zero-order valence-corrected chi connectivity index (χ0v) is 17.2. The van der Waals surface area contributed by atoms with Crippen LogP contribution in [0.1, 0.15) is 13.8 Å². The lowest BCUT2D eigenvalue weighted by atomic mass is 10.2. The van der Waals surface area contributed by atoms with E-state index in [0.29, 0.717) is 12.2 Å². The second kappa shape index (κ2) is 8.72. The number of nitrogens with one attached hydrogen (secondary N) is 2. The molecule has 0 saturated carbocycles. The van der Waals surface area contributed by atoms with Gasteiger partial charge in [-0.25, -0.2) is 22.5 Å². The Morgan fingerprint density at radius 3 is 2.53 bits per heavy atom. The van der Waals surface area contributed by atoms with Crippen LogP contribution in [0.2, 0.25) is 0 Å². The zero-order valence-electron chi connectivity index (χ0n) is 16.4. The quantitative estimate of drug-likeness (QED) is 0.594. The minimum atomic E-state index is -3.62. The number of aromatic nitrogens is 2. The van der Waals surface area contributed by atoms with Crippen LogP contribution >= 0.6 is 0 Å². The summed E-state index contributed by atoms with van der Waals surface area (Å²) in [5, 5.41) is 2.81. The normalized spacial score (nSPS) is 11.7. The second-order valence-corrected chi connectivity index (χ2v) is 8.92. The van der Waals surface area contributed by atoms with Gasteiger partial charge in [-0.05, 0) is 42.3 Å². The molecule has 0 atom stereocenters. The Hall–Kier alpha value is -3.11. The van der Waals surface area contributed by atoms with Crippen molar-refractivity contribution in [3.05, 3.63) is 65.0 Å². The number of hydrogen-bond donors (Lipinski definition) is 2. The number of halogens is 1. The number of fused-ring (bicyclic) bond motifs is 1. The zero-order chi connectivity index (χ0) is 21.9. The van der Waals surface area contributed by atoms with Crippen LogP contribution in [0.15, 0.2) is 58.5 Å². The number of carbonyl (C=O) groups excluding carboxylic acids is 1. The van der Waals surface area contributed by atoms with Gasteiger partial charge in [0, 0.05) is 18.3 Å². The summed E-state index contributed by atoms with van der Waals surface area (Å²) in [5.41, 5.74) is 0.124. The average Bonchev–Trinajstić information content (AvgIpc) is 2.69. The molecule has 0 radical (unpaired) electrons. The first-order valence-corrected chi connectivity index (χ1v) is 10.7. The lowest BCUT2D eigenvalue weighted by Gasteiger charge is -2.10. The van der Waals surface area contributed by atoms with Gasteiger partial charge in [-0.2, -0.15) is 0 Å². The minimum absolute atomic E-state index is 0.0864. The maximum Gasteiger partial charge on any atom is 0.261 e. The molecule has 1 amide bonds. The number of amides is 1. The first-order chi connectivity index (χ1) is 14.2. The molecule has 0 aliphatic carbocycles. The SMILES string of the molecule is CC(C)CNS(=O)(=O)c1ccc(NC(=O)Cn2cnc3cc(F)ccc3c2=O)cc1. The predicted octanol–water partition coefficient (Wildman–Crippen LogP) is 2.11. The van der Waals surface area contributed by atoms with Crippen LogP contribution in [0.4, 0.5) is 10.1 Å². The summed E-state index contributed by atoms with van der Waals surface area (Å²) in [6.07, 6.45) is 1.18. The number of hydrogen-bond acceptors (Lipinski definition) is 5. The molecule has 0 fully saturated rings. The molecule has 1 aromatic heterocycles. The third-order valence-corrected chi connectivity index (χ3v) is 5.67. The van der Waals surface area contributed by atoms with Gasteiger partial charge in [0.25, 0.3) is 5.56 Å². The van der Waals surface area contributed by atoms with E-state index in [1.165, 1.54) is 36.7 Å². The fraction of sp³-hybridized carbons (Fsp3) is 0.250. The van der Waals surface area contributed by atoms with Crippen molar-refractivity contribution in [2.24, 2.45) is 5.92 Å². The molecule has 0 aliphatic rings. The molecule has 1 heterocycles. The Bertz CT molecular complexity index is 1240. The first-order valence-electron chi connectivity index (χ1n) is 9.20. The van der Waals surface area contributed by atoms with Gasteiger partial charge in [0.2, 0.25) is 15.9 Å². The van der Waals surface area contributed by atoms with E-state index in [1.54, 1.807) is 0 Å². The Kier molecular flexibility index (Phi) is 6.28. The molecular weight excluding hydrogens is 411 g/mol. The summed E-state index contributed by atoms with van der Waals surface area (Å²) in [6.45, 7) is 3.82. The van der Waals surface area contributed by atoms with Crippen molar-refractivity contribution in [2.75, 3.05) is 11.9 Å². The van der Waals surface area contributed by atoms with Crippen LogP contribution in [0.5, 0.6) is 0 Å². The second-order valence-electron chi connectivity index (χ2n) is 7.16. The van der Waals surface area contributed by atoms with E-state index in [-0.39, 0.29) is 28.3 Å². The van der Waals surface area contributed by atoms with E-state index >= 15 is 0 Å². The van der Waals surface area contributed by atoms with Crippen molar-refractivity contribution >= 4 is 32.5 Å². The van der Waals surface area contributed by atoms with Crippen LogP contribution in [0.25, 0.3) is 10.9 Å². The Morgan fingerprint density at radius 2 is 1.87 bits per heavy atom. The van der Waals surface area contributed by atoms with Crippen molar-refractivity contribution in [3.8, 4) is 0 Å². The Balaban J connectivity index is 1.69. The number of anilines is 1. The van der Waals surface area contributed by atoms with Crippen LogP contribution in [-0.2, 0) is 21.4 Å². The molecule has 30 heavy (non-hydrogen) atoms. The largest absolute Gasteiger partial charge is 0.325 e. The van der Waals surface area contributed by atoms with Gasteiger partial charge in [-0.3, -0.25) is 14.2 Å². The highest BCUT2D eigenvalue weighted by molar-refractivity contribution is 7.89. The van der Waals surface area contributed by atoms with E-state index in [9.17, 15) is 22.4 Å². The average molecular weight is 432 g/mol. The Morgan fingerprint density at radius 1 is 1.17 bits per heavy atom. The standard InChI is InChI=1S/C20H21FN4O4S/c1-13(2)10-23-30(28,29)16-6-4-15(5-7-16)24-19(26)11-25-12-22-18-9-14(21)3-8-17(18)20(25)27/h3-9,12-13,23H,10-11H2,1-2H3,(H,24,26). The van der Waals surface area contributed by atoms with E-state index in [1.807, 2.05) is 13.8 Å². The smallest absolute Gasteiger partial charge is 0.261 e. The topological polar surface area (TPSA) is 110 Å². The lowest BCUT2D eigenvalue weighted by Crippen LogP contribution is -2.28. The maximum absolute atomic E-state index is 13.2. The molecule has 8 nitrogen and oxygen atoms in total. The van der Waals surface area contributed by atoms with Crippen molar-refractivity contribution in [1.29, 1.82) is 0 Å². The molecule has 0 aliphatic heterocycles. The van der Waals surface area contributed by atoms with Gasteiger partial charge in [-0.1, -0.05) is 13.8 Å². The van der Waals surface area contributed by atoms with Crippen LogP contribution in [0.3, 0.4) is 0 Å². The molecule has 0 saturated heterocycles. The van der Waals surface area contributed by atoms with Crippen molar-refractivity contribution in [2.45, 2.75) is 25.3 Å².